The van der Waals surface area contributed by atoms with Gasteiger partial charge >= 0.3 is 0 Å². The molecular formula is C25H56O2Si2. The molecule has 0 amide bonds. The van der Waals surface area contributed by atoms with Gasteiger partial charge in [0, 0.05) is 12.2 Å². The Morgan fingerprint density at radius 1 is 0.448 bits per heavy atom. The van der Waals surface area contributed by atoms with Gasteiger partial charge in [-0.15, -0.1) is 0 Å². The molecule has 0 aliphatic rings. The molecule has 0 aromatic heterocycles. The highest BCUT2D eigenvalue weighted by Crippen LogP contribution is 2.16. The number of rotatable bonds is 24. The van der Waals surface area contributed by atoms with Crippen molar-refractivity contribution in [3.05, 3.63) is 0 Å². The zero-order valence-electron chi connectivity index (χ0n) is 20.8. The highest BCUT2D eigenvalue weighted by molar-refractivity contribution is 6.29. The van der Waals surface area contributed by atoms with Crippen LogP contribution < -0.4 is 0 Å². The maximum absolute atomic E-state index is 6.39. The van der Waals surface area contributed by atoms with Crippen molar-refractivity contribution in [2.45, 2.75) is 161 Å². The van der Waals surface area contributed by atoms with E-state index in [0.29, 0.717) is 12.2 Å². The van der Waals surface area contributed by atoms with E-state index in [1.54, 1.807) is 0 Å². The Hall–Kier alpha value is 0.354. The number of unbranched alkanes of at least 4 members (excludes halogenated alkanes) is 8. The lowest BCUT2D eigenvalue weighted by Gasteiger charge is -2.19. The summed E-state index contributed by atoms with van der Waals surface area (Å²) in [5.41, 5.74) is 0. The second kappa shape index (κ2) is 24.6. The molecule has 2 nitrogen and oxygen atoms in total. The first-order valence-electron chi connectivity index (χ1n) is 13.5. The van der Waals surface area contributed by atoms with E-state index in [2.05, 4.69) is 27.7 Å². The van der Waals surface area contributed by atoms with Gasteiger partial charge in [-0.05, 0) is 37.8 Å². The molecule has 0 saturated heterocycles. The van der Waals surface area contributed by atoms with Gasteiger partial charge in [0.2, 0.25) is 0 Å². The first-order chi connectivity index (χ1) is 14.3. The van der Waals surface area contributed by atoms with Crippen molar-refractivity contribution >= 4 is 19.5 Å². The van der Waals surface area contributed by atoms with Crippen LogP contribution in [0.5, 0.6) is 0 Å². The van der Waals surface area contributed by atoms with E-state index in [1.165, 1.54) is 121 Å². The predicted molar refractivity (Wildman–Crippen MR) is 138 cm³/mol. The van der Waals surface area contributed by atoms with E-state index in [0.717, 1.165) is 0 Å². The predicted octanol–water partition coefficient (Wildman–Crippen LogP) is 7.47. The summed E-state index contributed by atoms with van der Waals surface area (Å²) in [6.07, 6.45) is 24.0. The Morgan fingerprint density at radius 2 is 0.828 bits per heavy atom. The van der Waals surface area contributed by atoms with Gasteiger partial charge < -0.3 is 8.85 Å². The fraction of sp³-hybridized carbons (Fsp3) is 1.00. The van der Waals surface area contributed by atoms with Crippen molar-refractivity contribution in [2.24, 2.45) is 0 Å². The largest absolute Gasteiger partial charge is 0.421 e. The van der Waals surface area contributed by atoms with Crippen molar-refractivity contribution in [3.8, 4) is 0 Å². The molecule has 0 spiro atoms. The molecular weight excluding hydrogens is 388 g/mol. The first-order valence-corrected chi connectivity index (χ1v) is 16.7. The van der Waals surface area contributed by atoms with Gasteiger partial charge in [-0.1, -0.05) is 111 Å². The summed E-state index contributed by atoms with van der Waals surface area (Å²) in [6.45, 7) is 9.19. The summed E-state index contributed by atoms with van der Waals surface area (Å²) in [5, 5.41) is 0. The molecule has 176 valence electrons. The molecule has 0 heterocycles. The molecule has 29 heavy (non-hydrogen) atoms. The third-order valence-electron chi connectivity index (χ3n) is 6.01. The van der Waals surface area contributed by atoms with Gasteiger partial charge in [-0.25, -0.2) is 0 Å². The molecule has 0 N–H and O–H groups in total. The summed E-state index contributed by atoms with van der Waals surface area (Å²) >= 11 is 0. The fourth-order valence-electron chi connectivity index (χ4n) is 3.96. The SMILES string of the molecule is CCCCCCC(CCCC)O[SiH2]CCC[SiH2]OC(CCCC)CCCCCC. The Bertz CT molecular complexity index is 275. The van der Waals surface area contributed by atoms with Crippen LogP contribution in [0.25, 0.3) is 0 Å². The van der Waals surface area contributed by atoms with E-state index in [1.807, 2.05) is 0 Å². The van der Waals surface area contributed by atoms with Crippen molar-refractivity contribution in [3.63, 3.8) is 0 Å². The number of hydrogen-bond donors (Lipinski definition) is 0. The Balaban J connectivity index is 3.80. The maximum Gasteiger partial charge on any atom is 0.161 e. The fourth-order valence-corrected chi connectivity index (χ4v) is 7.45. The van der Waals surface area contributed by atoms with Gasteiger partial charge in [-0.3, -0.25) is 0 Å². The second-order valence-corrected chi connectivity index (χ2v) is 11.9. The highest BCUT2D eigenvalue weighted by atomic mass is 28.2. The minimum Gasteiger partial charge on any atom is -0.421 e. The number of hydrogen-bond acceptors (Lipinski definition) is 2. The molecule has 2 atom stereocenters. The van der Waals surface area contributed by atoms with Crippen LogP contribution in [-0.2, 0) is 8.85 Å². The average molecular weight is 445 g/mol. The Morgan fingerprint density at radius 3 is 1.21 bits per heavy atom. The minimum atomic E-state index is -0.317. The quantitative estimate of drug-likeness (QED) is 0.113. The van der Waals surface area contributed by atoms with Crippen LogP contribution in [0.15, 0.2) is 0 Å². The molecule has 0 saturated carbocycles. The smallest absolute Gasteiger partial charge is 0.161 e. The third-order valence-corrected chi connectivity index (χ3v) is 9.01. The van der Waals surface area contributed by atoms with Crippen LogP contribution in [0.3, 0.4) is 0 Å². The molecule has 0 aromatic carbocycles. The van der Waals surface area contributed by atoms with E-state index in [4.69, 9.17) is 8.85 Å². The van der Waals surface area contributed by atoms with Crippen LogP contribution in [0.2, 0.25) is 12.1 Å². The molecule has 2 unspecified atom stereocenters. The van der Waals surface area contributed by atoms with Gasteiger partial charge in [0.05, 0.1) is 0 Å². The van der Waals surface area contributed by atoms with E-state index < -0.39 is 0 Å². The van der Waals surface area contributed by atoms with Crippen LogP contribution in [-0.4, -0.2) is 31.7 Å². The molecule has 4 heteroatoms. The van der Waals surface area contributed by atoms with Crippen molar-refractivity contribution in [2.75, 3.05) is 0 Å². The molecule has 0 rings (SSSR count). The van der Waals surface area contributed by atoms with Crippen molar-refractivity contribution in [1.82, 2.24) is 0 Å². The molecule has 0 fully saturated rings. The lowest BCUT2D eigenvalue weighted by Crippen LogP contribution is -2.17. The molecule has 0 aliphatic carbocycles. The third kappa shape index (κ3) is 21.4. The zero-order chi connectivity index (χ0) is 21.4. The Kier molecular flexibility index (Phi) is 24.9. The normalized spacial score (nSPS) is 14.5. The maximum atomic E-state index is 6.39. The van der Waals surface area contributed by atoms with Gasteiger partial charge in [0.1, 0.15) is 0 Å². The lowest BCUT2D eigenvalue weighted by molar-refractivity contribution is 0.180. The highest BCUT2D eigenvalue weighted by Gasteiger charge is 2.10. The zero-order valence-corrected chi connectivity index (χ0v) is 23.6. The first kappa shape index (κ1) is 29.4. The van der Waals surface area contributed by atoms with Gasteiger partial charge in [0.15, 0.2) is 19.5 Å². The summed E-state index contributed by atoms with van der Waals surface area (Å²) in [6, 6.07) is 2.73. The van der Waals surface area contributed by atoms with E-state index in [9.17, 15) is 0 Å². The molecule has 0 bridgehead atoms. The second-order valence-electron chi connectivity index (χ2n) is 9.03. The standard InChI is InChI=1S/C25H56O2Si2/c1-5-9-13-15-20-24(18-11-7-3)26-28-22-17-23-29-27-25(19-12-8-4)21-16-14-10-6-2/h24-25H,5-23,28-29H2,1-4H3. The summed E-state index contributed by atoms with van der Waals surface area (Å²) in [4.78, 5) is 0. The van der Waals surface area contributed by atoms with Crippen LogP contribution in [0.4, 0.5) is 0 Å². The van der Waals surface area contributed by atoms with Crippen LogP contribution in [0, 0.1) is 0 Å². The van der Waals surface area contributed by atoms with Crippen molar-refractivity contribution in [1.29, 1.82) is 0 Å². The molecule has 0 aliphatic heterocycles. The minimum absolute atomic E-state index is 0.317. The van der Waals surface area contributed by atoms with Crippen LogP contribution >= 0.6 is 0 Å². The van der Waals surface area contributed by atoms with Crippen LogP contribution in [0.1, 0.15) is 137 Å². The molecule has 0 aromatic rings. The van der Waals surface area contributed by atoms with E-state index >= 15 is 0 Å². The van der Waals surface area contributed by atoms with Crippen molar-refractivity contribution < 1.29 is 8.85 Å². The lowest BCUT2D eigenvalue weighted by atomic mass is 10.1. The van der Waals surface area contributed by atoms with Gasteiger partial charge in [-0.2, -0.15) is 0 Å². The summed E-state index contributed by atoms with van der Waals surface area (Å²) in [5.74, 6) is 0. The average Bonchev–Trinajstić information content (AvgIpc) is 2.74. The topological polar surface area (TPSA) is 18.5 Å². The molecule has 0 radical (unpaired) electrons. The summed E-state index contributed by atoms with van der Waals surface area (Å²) < 4.78 is 12.8. The monoisotopic (exact) mass is 444 g/mol. The van der Waals surface area contributed by atoms with Gasteiger partial charge in [0.25, 0.3) is 0 Å². The van der Waals surface area contributed by atoms with E-state index in [-0.39, 0.29) is 19.5 Å². The summed E-state index contributed by atoms with van der Waals surface area (Å²) in [7, 11) is -0.634. The Labute approximate surface area is 189 Å².